The van der Waals surface area contributed by atoms with E-state index < -0.39 is 0 Å². The van der Waals surface area contributed by atoms with Gasteiger partial charge in [-0.25, -0.2) is 9.37 Å². The molecule has 1 amide bonds. The Labute approximate surface area is 230 Å². The lowest BCUT2D eigenvalue weighted by molar-refractivity contribution is -0.117. The Bertz CT molecular complexity index is 1600. The maximum Gasteiger partial charge on any atom is 0.255 e. The van der Waals surface area contributed by atoms with Gasteiger partial charge in [0.1, 0.15) is 11.6 Å². The van der Waals surface area contributed by atoms with Crippen LogP contribution in [0.15, 0.2) is 96.6 Å². The lowest BCUT2D eigenvalue weighted by Gasteiger charge is -2.10. The highest BCUT2D eigenvalue weighted by Crippen LogP contribution is 2.25. The van der Waals surface area contributed by atoms with Gasteiger partial charge in [-0.2, -0.15) is 0 Å². The van der Waals surface area contributed by atoms with Crippen molar-refractivity contribution in [2.45, 2.75) is 26.2 Å². The second-order valence-electron chi connectivity index (χ2n) is 9.36. The van der Waals surface area contributed by atoms with Gasteiger partial charge in [-0.3, -0.25) is 14.6 Å². The van der Waals surface area contributed by atoms with Crippen molar-refractivity contribution in [3.8, 4) is 11.3 Å². The van der Waals surface area contributed by atoms with E-state index in [0.717, 1.165) is 38.5 Å². The molecule has 2 aromatic heterocycles. The molecule has 0 spiro atoms. The SMILES string of the molecule is Cc1ccc(NC(=O)c2ccc(CC(=O)Cc3ccc(F)cc3)cc2)cc1Cc1nc(-c2cccnc2)cs1. The van der Waals surface area contributed by atoms with Crippen molar-refractivity contribution in [3.63, 3.8) is 0 Å². The Balaban J connectivity index is 1.20. The van der Waals surface area contributed by atoms with Gasteiger partial charge < -0.3 is 5.32 Å². The molecular formula is C32H26FN3O2S. The number of ketones is 1. The number of nitrogens with one attached hydrogen (secondary N) is 1. The van der Waals surface area contributed by atoms with E-state index in [1.807, 2.05) is 42.6 Å². The van der Waals surface area contributed by atoms with Gasteiger partial charge in [0, 0.05) is 53.9 Å². The molecule has 0 aliphatic rings. The fraction of sp³-hybridized carbons (Fsp3) is 0.125. The summed E-state index contributed by atoms with van der Waals surface area (Å²) in [7, 11) is 0. The van der Waals surface area contributed by atoms with E-state index in [4.69, 9.17) is 4.98 Å². The van der Waals surface area contributed by atoms with Crippen LogP contribution in [-0.4, -0.2) is 21.7 Å². The van der Waals surface area contributed by atoms with Gasteiger partial charge in [-0.15, -0.1) is 11.3 Å². The first-order valence-electron chi connectivity index (χ1n) is 12.5. The summed E-state index contributed by atoms with van der Waals surface area (Å²) in [5.74, 6) is -0.516. The van der Waals surface area contributed by atoms with Gasteiger partial charge in [0.25, 0.3) is 5.91 Å². The number of aryl methyl sites for hydroxylation is 1. The van der Waals surface area contributed by atoms with Crippen molar-refractivity contribution >= 4 is 28.7 Å². The summed E-state index contributed by atoms with van der Waals surface area (Å²) >= 11 is 1.61. The second-order valence-corrected chi connectivity index (χ2v) is 10.3. The molecule has 0 fully saturated rings. The zero-order valence-electron chi connectivity index (χ0n) is 21.4. The minimum atomic E-state index is -0.322. The maximum absolute atomic E-state index is 13.1. The molecule has 5 rings (SSSR count). The zero-order chi connectivity index (χ0) is 27.2. The lowest BCUT2D eigenvalue weighted by atomic mass is 10.0. The third kappa shape index (κ3) is 6.89. The van der Waals surface area contributed by atoms with Crippen molar-refractivity contribution in [1.82, 2.24) is 9.97 Å². The number of carbonyl (C=O) groups excluding carboxylic acids is 2. The monoisotopic (exact) mass is 535 g/mol. The van der Waals surface area contributed by atoms with Gasteiger partial charge >= 0.3 is 0 Å². The summed E-state index contributed by atoms with van der Waals surface area (Å²) in [5, 5.41) is 6.00. The van der Waals surface area contributed by atoms with Crippen molar-refractivity contribution < 1.29 is 14.0 Å². The summed E-state index contributed by atoms with van der Waals surface area (Å²) in [5.41, 5.74) is 6.93. The minimum absolute atomic E-state index is 0.0266. The Kier molecular flexibility index (Phi) is 7.99. The number of halogens is 1. The molecule has 39 heavy (non-hydrogen) atoms. The van der Waals surface area contributed by atoms with Crippen molar-refractivity contribution in [2.24, 2.45) is 0 Å². The summed E-state index contributed by atoms with van der Waals surface area (Å²) in [4.78, 5) is 34.2. The summed E-state index contributed by atoms with van der Waals surface area (Å²) in [6, 6.07) is 22.7. The number of amides is 1. The first-order chi connectivity index (χ1) is 18.9. The number of thiazole rings is 1. The Morgan fingerprint density at radius 1 is 0.923 bits per heavy atom. The molecule has 0 saturated heterocycles. The number of aromatic nitrogens is 2. The minimum Gasteiger partial charge on any atom is -0.322 e. The fourth-order valence-corrected chi connectivity index (χ4v) is 5.07. The quantitative estimate of drug-likeness (QED) is 0.224. The number of benzene rings is 3. The van der Waals surface area contributed by atoms with Crippen LogP contribution in [-0.2, 0) is 24.1 Å². The van der Waals surface area contributed by atoms with Crippen LogP contribution in [0.1, 0.15) is 37.6 Å². The largest absolute Gasteiger partial charge is 0.322 e. The van der Waals surface area contributed by atoms with Crippen LogP contribution < -0.4 is 5.32 Å². The van der Waals surface area contributed by atoms with Gasteiger partial charge in [0.2, 0.25) is 0 Å². The molecule has 0 unspecified atom stereocenters. The van der Waals surface area contributed by atoms with Crippen LogP contribution in [0.5, 0.6) is 0 Å². The third-order valence-corrected chi connectivity index (χ3v) is 7.24. The highest BCUT2D eigenvalue weighted by molar-refractivity contribution is 7.10. The Hall–Kier alpha value is -4.49. The van der Waals surface area contributed by atoms with Crippen LogP contribution in [0.3, 0.4) is 0 Å². The average molecular weight is 536 g/mol. The van der Waals surface area contributed by atoms with E-state index in [1.165, 1.54) is 12.1 Å². The molecule has 0 aliphatic heterocycles. The number of rotatable bonds is 9. The number of Topliss-reactive ketones (excluding diaryl/α,β-unsaturated/α-hetero) is 1. The molecule has 5 aromatic rings. The molecule has 0 radical (unpaired) electrons. The number of pyridine rings is 1. The average Bonchev–Trinajstić information content (AvgIpc) is 3.41. The normalized spacial score (nSPS) is 10.8. The zero-order valence-corrected chi connectivity index (χ0v) is 22.2. The summed E-state index contributed by atoms with van der Waals surface area (Å²) in [6.45, 7) is 2.05. The molecule has 1 N–H and O–H groups in total. The van der Waals surface area contributed by atoms with Gasteiger partial charge in [0.05, 0.1) is 10.7 Å². The first kappa shape index (κ1) is 26.1. The highest BCUT2D eigenvalue weighted by atomic mass is 32.1. The summed E-state index contributed by atoms with van der Waals surface area (Å²) in [6.07, 6.45) is 4.71. The highest BCUT2D eigenvalue weighted by Gasteiger charge is 2.12. The van der Waals surface area contributed by atoms with Crippen molar-refractivity contribution in [2.75, 3.05) is 5.32 Å². The van der Waals surface area contributed by atoms with Crippen molar-refractivity contribution in [1.29, 1.82) is 0 Å². The smallest absolute Gasteiger partial charge is 0.255 e. The first-order valence-corrected chi connectivity index (χ1v) is 13.4. The number of hydrogen-bond acceptors (Lipinski definition) is 5. The molecule has 2 heterocycles. The van der Waals surface area contributed by atoms with E-state index in [1.54, 1.807) is 60.1 Å². The molecule has 0 saturated carbocycles. The lowest BCUT2D eigenvalue weighted by Crippen LogP contribution is -2.12. The Morgan fingerprint density at radius 2 is 1.64 bits per heavy atom. The molecular weight excluding hydrogens is 509 g/mol. The Morgan fingerprint density at radius 3 is 2.33 bits per heavy atom. The van der Waals surface area contributed by atoms with E-state index in [9.17, 15) is 14.0 Å². The molecule has 0 aliphatic carbocycles. The molecule has 194 valence electrons. The number of nitrogens with zero attached hydrogens (tertiary/aromatic N) is 2. The maximum atomic E-state index is 13.1. The van der Waals surface area contributed by atoms with Gasteiger partial charge in [-0.05, 0) is 77.7 Å². The van der Waals surface area contributed by atoms with Crippen molar-refractivity contribution in [3.05, 3.63) is 135 Å². The topological polar surface area (TPSA) is 72.0 Å². The van der Waals surface area contributed by atoms with E-state index in [2.05, 4.69) is 10.3 Å². The molecule has 0 atom stereocenters. The van der Waals surface area contributed by atoms with Crippen LogP contribution in [0.4, 0.5) is 10.1 Å². The standard InChI is InChI=1S/C32H26FN3O2S/c1-21-4-13-28(17-26(21)18-31-36-30(20-39-31)25-3-2-14-34-19-25)35-32(38)24-9-5-22(6-10-24)15-29(37)16-23-7-11-27(33)12-8-23/h2-14,17,19-20H,15-16,18H2,1H3,(H,35,38). The predicted molar refractivity (Wildman–Crippen MR) is 153 cm³/mol. The van der Waals surface area contributed by atoms with E-state index in [0.29, 0.717) is 17.7 Å². The number of carbonyl (C=O) groups is 2. The van der Waals surface area contributed by atoms with Crippen LogP contribution in [0.2, 0.25) is 0 Å². The molecule has 3 aromatic carbocycles. The molecule has 5 nitrogen and oxygen atoms in total. The summed E-state index contributed by atoms with van der Waals surface area (Å²) < 4.78 is 13.1. The number of hydrogen-bond donors (Lipinski definition) is 1. The second kappa shape index (κ2) is 11.9. The number of anilines is 1. The van der Waals surface area contributed by atoms with Gasteiger partial charge in [0.15, 0.2) is 0 Å². The molecule has 0 bridgehead atoms. The van der Waals surface area contributed by atoms with Gasteiger partial charge in [-0.1, -0.05) is 30.3 Å². The fourth-order valence-electron chi connectivity index (χ4n) is 4.24. The third-order valence-electron chi connectivity index (χ3n) is 6.39. The molecule has 7 heteroatoms. The van der Waals surface area contributed by atoms with Crippen LogP contribution >= 0.6 is 11.3 Å². The predicted octanol–water partition coefficient (Wildman–Crippen LogP) is 6.85. The van der Waals surface area contributed by atoms with E-state index >= 15 is 0 Å². The van der Waals surface area contributed by atoms with E-state index in [-0.39, 0.29) is 30.3 Å². The van der Waals surface area contributed by atoms with Crippen LogP contribution in [0, 0.1) is 12.7 Å². The van der Waals surface area contributed by atoms with Crippen LogP contribution in [0.25, 0.3) is 11.3 Å².